The summed E-state index contributed by atoms with van der Waals surface area (Å²) in [6.45, 7) is -0.788. The molecule has 8 nitrogen and oxygen atoms in total. The van der Waals surface area contributed by atoms with Gasteiger partial charge < -0.3 is 15.8 Å². The van der Waals surface area contributed by atoms with E-state index in [4.69, 9.17) is 5.73 Å². The van der Waals surface area contributed by atoms with Crippen LogP contribution in [0.4, 0.5) is 37.7 Å². The summed E-state index contributed by atoms with van der Waals surface area (Å²) in [5.74, 6) is -2.13. The molecule has 4 aromatic rings. The smallest absolute Gasteiger partial charge is 0.418 e. The summed E-state index contributed by atoms with van der Waals surface area (Å²) in [5, 5.41) is 3.27. The highest BCUT2D eigenvalue weighted by Crippen LogP contribution is 2.37. The van der Waals surface area contributed by atoms with Crippen molar-refractivity contribution in [1.82, 2.24) is 15.0 Å². The fourth-order valence-electron chi connectivity index (χ4n) is 3.38. The number of benzene rings is 1. The van der Waals surface area contributed by atoms with Crippen LogP contribution < -0.4 is 11.1 Å². The number of alkyl halides is 6. The van der Waals surface area contributed by atoms with Gasteiger partial charge in [-0.2, -0.15) is 26.3 Å². The van der Waals surface area contributed by atoms with Crippen LogP contribution in [0.1, 0.15) is 21.6 Å². The van der Waals surface area contributed by atoms with Gasteiger partial charge in [0, 0.05) is 17.3 Å². The zero-order valence-corrected chi connectivity index (χ0v) is 18.9. The van der Waals surface area contributed by atoms with Gasteiger partial charge in [-0.3, -0.25) is 4.79 Å². The molecule has 0 aliphatic carbocycles. The van der Waals surface area contributed by atoms with E-state index in [0.29, 0.717) is 22.8 Å². The SMILES string of the molecule is NC(=O)COC(=O)c1ccc(C(F)(F)F)c(-c2ccc3c(Nc4ccc(C(F)(F)F)cc4)ccnc3n2)n1. The summed E-state index contributed by atoms with van der Waals surface area (Å²) in [7, 11) is 0. The van der Waals surface area contributed by atoms with Crippen molar-refractivity contribution >= 4 is 34.3 Å². The molecule has 4 rings (SSSR count). The third kappa shape index (κ3) is 5.79. The second-order valence-electron chi connectivity index (χ2n) is 7.76. The predicted octanol–water partition coefficient (Wildman–Crippen LogP) is 5.12. The van der Waals surface area contributed by atoms with Crippen LogP contribution in [0.25, 0.3) is 22.4 Å². The lowest BCUT2D eigenvalue weighted by Gasteiger charge is -2.14. The van der Waals surface area contributed by atoms with Gasteiger partial charge in [0.2, 0.25) is 0 Å². The van der Waals surface area contributed by atoms with Gasteiger partial charge >= 0.3 is 18.3 Å². The van der Waals surface area contributed by atoms with E-state index in [1.54, 1.807) is 0 Å². The van der Waals surface area contributed by atoms with Gasteiger partial charge in [-0.1, -0.05) is 0 Å². The lowest BCUT2D eigenvalue weighted by molar-refractivity contribution is -0.138. The molecule has 3 heterocycles. The number of aromatic nitrogens is 3. The number of halogens is 6. The van der Waals surface area contributed by atoms with Crippen LogP contribution in [-0.2, 0) is 21.9 Å². The molecule has 0 atom stereocenters. The quantitative estimate of drug-likeness (QED) is 0.260. The Labute approximate surface area is 209 Å². The molecule has 0 aliphatic heterocycles. The first-order chi connectivity index (χ1) is 17.8. The Morgan fingerprint density at radius 2 is 1.58 bits per heavy atom. The number of fused-ring (bicyclic) bond motifs is 1. The Balaban J connectivity index is 1.71. The maximum atomic E-state index is 13.7. The average Bonchev–Trinajstić information content (AvgIpc) is 2.86. The maximum absolute atomic E-state index is 13.7. The molecule has 0 saturated carbocycles. The van der Waals surface area contributed by atoms with Gasteiger partial charge in [0.05, 0.1) is 22.5 Å². The van der Waals surface area contributed by atoms with E-state index in [1.807, 2.05) is 0 Å². The minimum absolute atomic E-state index is 0.00366. The molecule has 1 amide bonds. The fraction of sp³-hybridized carbons (Fsp3) is 0.125. The van der Waals surface area contributed by atoms with Crippen LogP contribution in [0.2, 0.25) is 0 Å². The average molecular weight is 535 g/mol. The van der Waals surface area contributed by atoms with Gasteiger partial charge in [0.1, 0.15) is 11.4 Å². The van der Waals surface area contributed by atoms with Gasteiger partial charge in [-0.05, 0) is 54.6 Å². The zero-order chi connectivity index (χ0) is 27.7. The number of ether oxygens (including phenoxy) is 1. The number of anilines is 2. The molecule has 0 aliphatic rings. The van der Waals surface area contributed by atoms with Crippen molar-refractivity contribution in [1.29, 1.82) is 0 Å². The number of nitrogens with zero attached hydrogens (tertiary/aromatic N) is 3. The van der Waals surface area contributed by atoms with E-state index < -0.39 is 53.4 Å². The Bertz CT molecular complexity index is 1520. The summed E-state index contributed by atoms with van der Waals surface area (Å²) in [5.41, 5.74) is 2.11. The number of nitrogens with one attached hydrogen (secondary N) is 1. The van der Waals surface area contributed by atoms with E-state index >= 15 is 0 Å². The molecule has 3 aromatic heterocycles. The summed E-state index contributed by atoms with van der Waals surface area (Å²) < 4.78 is 84.2. The maximum Gasteiger partial charge on any atom is 0.418 e. The fourth-order valence-corrected chi connectivity index (χ4v) is 3.38. The molecule has 0 radical (unpaired) electrons. The number of esters is 1. The number of amides is 1. The highest BCUT2D eigenvalue weighted by Gasteiger charge is 2.36. The number of carbonyl (C=O) groups excluding carboxylic acids is 2. The lowest BCUT2D eigenvalue weighted by atomic mass is 10.1. The summed E-state index contributed by atoms with van der Waals surface area (Å²) >= 11 is 0. The second-order valence-corrected chi connectivity index (χ2v) is 7.76. The molecule has 0 fully saturated rings. The van der Waals surface area contributed by atoms with E-state index in [9.17, 15) is 35.9 Å². The minimum atomic E-state index is -4.85. The number of rotatable bonds is 6. The molecule has 1 aromatic carbocycles. The number of hydrogen-bond donors (Lipinski definition) is 2. The van der Waals surface area contributed by atoms with E-state index in [-0.39, 0.29) is 11.3 Å². The van der Waals surface area contributed by atoms with Gasteiger partial charge in [0.25, 0.3) is 5.91 Å². The molecule has 0 saturated heterocycles. The van der Waals surface area contributed by atoms with Gasteiger partial charge in [-0.25, -0.2) is 19.7 Å². The molecule has 0 bridgehead atoms. The Kier molecular flexibility index (Phi) is 6.89. The van der Waals surface area contributed by atoms with Gasteiger partial charge in [0.15, 0.2) is 12.3 Å². The highest BCUT2D eigenvalue weighted by molar-refractivity contribution is 5.93. The molecular formula is C24H15F6N5O3. The van der Waals surface area contributed by atoms with Crippen LogP contribution in [0.5, 0.6) is 0 Å². The lowest BCUT2D eigenvalue weighted by Crippen LogP contribution is -2.21. The van der Waals surface area contributed by atoms with Crippen molar-refractivity contribution in [2.75, 3.05) is 11.9 Å². The normalized spacial score (nSPS) is 11.8. The first-order valence-corrected chi connectivity index (χ1v) is 10.6. The van der Waals surface area contributed by atoms with Crippen molar-refractivity contribution in [2.24, 2.45) is 5.73 Å². The van der Waals surface area contributed by atoms with Crippen molar-refractivity contribution < 1.29 is 40.7 Å². The Hall–Kier alpha value is -4.75. The summed E-state index contributed by atoms with van der Waals surface area (Å²) in [4.78, 5) is 34.9. The minimum Gasteiger partial charge on any atom is -0.451 e. The van der Waals surface area contributed by atoms with Crippen molar-refractivity contribution in [3.05, 3.63) is 77.6 Å². The van der Waals surface area contributed by atoms with Gasteiger partial charge in [-0.15, -0.1) is 0 Å². The number of carbonyl (C=O) groups is 2. The number of primary amides is 1. The van der Waals surface area contributed by atoms with Crippen LogP contribution in [0.3, 0.4) is 0 Å². The molecule has 3 N–H and O–H groups in total. The molecule has 14 heteroatoms. The van der Waals surface area contributed by atoms with Crippen molar-refractivity contribution in [2.45, 2.75) is 12.4 Å². The number of hydrogen-bond acceptors (Lipinski definition) is 7. The van der Waals surface area contributed by atoms with E-state index in [0.717, 1.165) is 18.2 Å². The first kappa shape index (κ1) is 26.3. The third-order valence-electron chi connectivity index (χ3n) is 5.09. The standard InChI is InChI=1S/C24H15F6N5O3/c25-23(26,27)12-1-3-13(4-2-12)33-16-9-10-32-21-14(16)5-7-17(35-21)20-15(24(28,29)30)6-8-18(34-20)22(37)38-11-19(31)36/h1-10H,11H2,(H2,31,36)(H,32,33,35). The predicted molar refractivity (Wildman–Crippen MR) is 122 cm³/mol. The topological polar surface area (TPSA) is 120 Å². The largest absolute Gasteiger partial charge is 0.451 e. The summed E-state index contributed by atoms with van der Waals surface area (Å²) in [6.07, 6.45) is -8.04. The van der Waals surface area contributed by atoms with Crippen LogP contribution in [0, 0.1) is 0 Å². The highest BCUT2D eigenvalue weighted by atomic mass is 19.4. The second kappa shape index (κ2) is 9.95. The number of nitrogens with two attached hydrogens (primary N) is 1. The Morgan fingerprint density at radius 1 is 0.868 bits per heavy atom. The van der Waals surface area contributed by atoms with Crippen LogP contribution in [-0.4, -0.2) is 33.4 Å². The molecule has 38 heavy (non-hydrogen) atoms. The molecule has 0 spiro atoms. The monoisotopic (exact) mass is 535 g/mol. The Morgan fingerprint density at radius 3 is 2.21 bits per heavy atom. The summed E-state index contributed by atoms with van der Waals surface area (Å²) in [6, 6.07) is 9.79. The molecule has 196 valence electrons. The first-order valence-electron chi connectivity index (χ1n) is 10.6. The van der Waals surface area contributed by atoms with E-state index in [2.05, 4.69) is 25.0 Å². The number of pyridine rings is 3. The molecule has 0 unspecified atom stereocenters. The van der Waals surface area contributed by atoms with E-state index in [1.165, 1.54) is 36.5 Å². The van der Waals surface area contributed by atoms with Crippen LogP contribution >= 0.6 is 0 Å². The molecular weight excluding hydrogens is 520 g/mol. The zero-order valence-electron chi connectivity index (χ0n) is 18.9. The third-order valence-corrected chi connectivity index (χ3v) is 5.09. The van der Waals surface area contributed by atoms with Crippen LogP contribution in [0.15, 0.2) is 60.8 Å². The van der Waals surface area contributed by atoms with Crippen molar-refractivity contribution in [3.8, 4) is 11.4 Å². The van der Waals surface area contributed by atoms with Crippen molar-refractivity contribution in [3.63, 3.8) is 0 Å².